The number of carbonyl (C=O) groups excluding carboxylic acids is 4. The lowest BCUT2D eigenvalue weighted by Crippen LogP contribution is -2.58. The number of piperidine rings is 1. The Balaban J connectivity index is 1.33. The Kier molecular flexibility index (Phi) is 13.8. The van der Waals surface area contributed by atoms with E-state index in [4.69, 9.17) is 0 Å². The standard InChI is InChI=1S/C42H54N6O5/c1-42(2,3)44-23-13-12-20-35(45-40(52)37(28-49)47-38(50)31-16-8-5-9-17-31)39(51)46-36(26-32-27-43-34-19-11-10-18-33(32)34)41(53)48-24-21-30(22-25-48)29-14-6-4-7-15-29/h4-11,14-19,27,30,35-37,43-44,49H,12-13,20-26,28H2,1-3H3,(H,45,52)(H,46,51)(H,47,50)/t35-,36+,37-/m1/s1. The van der Waals surface area contributed by atoms with Crippen LogP contribution in [0.4, 0.5) is 0 Å². The van der Waals surface area contributed by atoms with Crippen molar-refractivity contribution in [3.63, 3.8) is 0 Å². The van der Waals surface area contributed by atoms with E-state index in [2.05, 4.69) is 59.2 Å². The summed E-state index contributed by atoms with van der Waals surface area (Å²) in [5.74, 6) is -1.51. The summed E-state index contributed by atoms with van der Waals surface area (Å²) < 4.78 is 0. The van der Waals surface area contributed by atoms with Crippen LogP contribution in [0.25, 0.3) is 10.9 Å². The zero-order valence-electron chi connectivity index (χ0n) is 31.1. The molecular formula is C42H54N6O5. The van der Waals surface area contributed by atoms with E-state index in [9.17, 15) is 24.3 Å². The molecule has 0 bridgehead atoms. The van der Waals surface area contributed by atoms with Crippen molar-refractivity contribution < 1.29 is 24.3 Å². The first kappa shape index (κ1) is 39.2. The van der Waals surface area contributed by atoms with Crippen LogP contribution in [-0.2, 0) is 20.8 Å². The van der Waals surface area contributed by atoms with Gasteiger partial charge < -0.3 is 36.3 Å². The molecule has 1 saturated heterocycles. The van der Waals surface area contributed by atoms with E-state index in [0.29, 0.717) is 37.4 Å². The average Bonchev–Trinajstić information content (AvgIpc) is 3.58. The number of amides is 4. The molecule has 0 unspecified atom stereocenters. The topological polar surface area (TPSA) is 156 Å². The number of aromatic amines is 1. The average molecular weight is 723 g/mol. The van der Waals surface area contributed by atoms with E-state index in [1.54, 1.807) is 30.3 Å². The first-order valence-corrected chi connectivity index (χ1v) is 18.7. The highest BCUT2D eigenvalue weighted by atomic mass is 16.3. The molecule has 11 heteroatoms. The molecule has 4 aromatic rings. The van der Waals surface area contributed by atoms with E-state index in [-0.39, 0.29) is 17.9 Å². The molecule has 53 heavy (non-hydrogen) atoms. The second-order valence-corrected chi connectivity index (χ2v) is 14.9. The minimum Gasteiger partial charge on any atom is -0.394 e. The summed E-state index contributed by atoms with van der Waals surface area (Å²) in [5, 5.41) is 22.9. The highest BCUT2D eigenvalue weighted by molar-refractivity contribution is 5.99. The third kappa shape index (κ3) is 11.2. The van der Waals surface area contributed by atoms with Crippen LogP contribution in [0.1, 0.15) is 80.3 Å². The number of para-hydroxylation sites is 1. The van der Waals surface area contributed by atoms with Crippen LogP contribution in [0.15, 0.2) is 91.1 Å². The highest BCUT2D eigenvalue weighted by Gasteiger charge is 2.33. The number of unbranched alkanes of at least 4 members (excludes halogenated alkanes) is 1. The molecule has 282 valence electrons. The monoisotopic (exact) mass is 722 g/mol. The van der Waals surface area contributed by atoms with Crippen LogP contribution in [0.3, 0.4) is 0 Å². The van der Waals surface area contributed by atoms with E-state index >= 15 is 0 Å². The molecule has 4 amide bonds. The molecular weight excluding hydrogens is 668 g/mol. The number of H-pyrrole nitrogens is 1. The second-order valence-electron chi connectivity index (χ2n) is 14.9. The number of hydrogen-bond donors (Lipinski definition) is 6. The summed E-state index contributed by atoms with van der Waals surface area (Å²) in [4.78, 5) is 60.0. The lowest BCUT2D eigenvalue weighted by molar-refractivity contribution is -0.138. The number of aromatic nitrogens is 1. The van der Waals surface area contributed by atoms with Gasteiger partial charge in [-0.25, -0.2) is 0 Å². The van der Waals surface area contributed by atoms with Gasteiger partial charge in [0.05, 0.1) is 6.61 Å². The third-order valence-electron chi connectivity index (χ3n) is 9.84. The Hall–Kier alpha value is -5.00. The van der Waals surface area contributed by atoms with Gasteiger partial charge in [-0.1, -0.05) is 66.7 Å². The number of hydrogen-bond acceptors (Lipinski definition) is 6. The van der Waals surface area contributed by atoms with E-state index < -0.39 is 42.5 Å². The first-order chi connectivity index (χ1) is 25.5. The van der Waals surface area contributed by atoms with Crippen LogP contribution in [0, 0.1) is 0 Å². The van der Waals surface area contributed by atoms with Crippen LogP contribution in [0.5, 0.6) is 0 Å². The molecule has 0 aliphatic carbocycles. The molecule has 1 aliphatic rings. The van der Waals surface area contributed by atoms with Gasteiger partial charge in [0.2, 0.25) is 17.7 Å². The number of nitrogens with one attached hydrogen (secondary N) is 5. The van der Waals surface area contributed by atoms with Crippen LogP contribution >= 0.6 is 0 Å². The highest BCUT2D eigenvalue weighted by Crippen LogP contribution is 2.28. The summed E-state index contributed by atoms with van der Waals surface area (Å²) >= 11 is 0. The van der Waals surface area contributed by atoms with Gasteiger partial charge in [0.25, 0.3) is 5.91 Å². The Bertz CT molecular complexity index is 1800. The van der Waals surface area contributed by atoms with Crippen molar-refractivity contribution in [1.82, 2.24) is 31.2 Å². The fraction of sp³-hybridized carbons (Fsp3) is 0.429. The molecule has 3 atom stereocenters. The molecule has 5 rings (SSSR count). The van der Waals surface area contributed by atoms with Gasteiger partial charge in [-0.2, -0.15) is 0 Å². The molecule has 0 spiro atoms. The van der Waals surface area contributed by atoms with Crippen LogP contribution in [0.2, 0.25) is 0 Å². The fourth-order valence-corrected chi connectivity index (χ4v) is 6.87. The largest absolute Gasteiger partial charge is 0.394 e. The van der Waals surface area contributed by atoms with Crippen molar-refractivity contribution in [2.24, 2.45) is 0 Å². The third-order valence-corrected chi connectivity index (χ3v) is 9.84. The van der Waals surface area contributed by atoms with Crippen molar-refractivity contribution in [2.75, 3.05) is 26.2 Å². The van der Waals surface area contributed by atoms with E-state index in [0.717, 1.165) is 42.3 Å². The molecule has 3 aromatic carbocycles. The van der Waals surface area contributed by atoms with Crippen LogP contribution < -0.4 is 21.3 Å². The smallest absolute Gasteiger partial charge is 0.251 e. The molecule has 0 radical (unpaired) electrons. The van der Waals surface area contributed by atoms with Crippen molar-refractivity contribution in [3.05, 3.63) is 108 Å². The molecule has 1 aliphatic heterocycles. The van der Waals surface area contributed by atoms with Crippen LogP contribution in [-0.4, -0.2) is 88.5 Å². The maximum absolute atomic E-state index is 14.3. The molecule has 1 fully saturated rings. The summed E-state index contributed by atoms with van der Waals surface area (Å²) in [6, 6.07) is 23.4. The molecule has 0 saturated carbocycles. The van der Waals surface area contributed by atoms with Crippen molar-refractivity contribution in [2.45, 2.75) is 88.9 Å². The minimum absolute atomic E-state index is 0.0676. The lowest BCUT2D eigenvalue weighted by Gasteiger charge is -2.35. The Morgan fingerprint density at radius 3 is 2.09 bits per heavy atom. The van der Waals surface area contributed by atoms with Gasteiger partial charge in [0.1, 0.15) is 18.1 Å². The van der Waals surface area contributed by atoms with Crippen molar-refractivity contribution >= 4 is 34.5 Å². The molecule has 2 heterocycles. The molecule has 6 N–H and O–H groups in total. The van der Waals surface area contributed by atoms with Gasteiger partial charge in [-0.05, 0) is 94.7 Å². The zero-order valence-corrected chi connectivity index (χ0v) is 31.1. The first-order valence-electron chi connectivity index (χ1n) is 18.7. The zero-order chi connectivity index (χ0) is 37.8. The maximum Gasteiger partial charge on any atom is 0.251 e. The number of rotatable bonds is 16. The van der Waals surface area contributed by atoms with Crippen molar-refractivity contribution in [1.29, 1.82) is 0 Å². The SMILES string of the molecule is CC(C)(C)NCCCC[C@@H](NC(=O)[C@@H](CO)NC(=O)c1ccccc1)C(=O)N[C@@H](Cc1c[nH]c2ccccc12)C(=O)N1CCC(c2ccccc2)CC1. The summed E-state index contributed by atoms with van der Waals surface area (Å²) in [7, 11) is 0. The Morgan fingerprint density at radius 2 is 1.42 bits per heavy atom. The molecule has 11 nitrogen and oxygen atoms in total. The normalized spacial score (nSPS) is 15.4. The number of fused-ring (bicyclic) bond motifs is 1. The lowest BCUT2D eigenvalue weighted by atomic mass is 9.89. The van der Waals surface area contributed by atoms with Gasteiger partial charge in [-0.3, -0.25) is 19.2 Å². The number of likely N-dealkylation sites (tertiary alicyclic amines) is 1. The maximum atomic E-state index is 14.3. The predicted molar refractivity (Wildman–Crippen MR) is 207 cm³/mol. The molecule has 1 aromatic heterocycles. The quantitative estimate of drug-likeness (QED) is 0.0941. The van der Waals surface area contributed by atoms with E-state index in [1.807, 2.05) is 53.6 Å². The number of benzene rings is 3. The Morgan fingerprint density at radius 1 is 0.792 bits per heavy atom. The summed E-state index contributed by atoms with van der Waals surface area (Å²) in [5.41, 5.74) is 3.37. The summed E-state index contributed by atoms with van der Waals surface area (Å²) in [6.45, 7) is 7.44. The Labute approximate surface area is 312 Å². The fourth-order valence-electron chi connectivity index (χ4n) is 6.87. The predicted octanol–water partition coefficient (Wildman–Crippen LogP) is 4.44. The van der Waals surface area contributed by atoms with Gasteiger partial charge in [0, 0.05) is 47.7 Å². The number of aliphatic hydroxyl groups excluding tert-OH is 1. The minimum atomic E-state index is -1.28. The van der Waals surface area contributed by atoms with Gasteiger partial charge in [-0.15, -0.1) is 0 Å². The second kappa shape index (κ2) is 18.7. The van der Waals surface area contributed by atoms with E-state index in [1.165, 1.54) is 5.56 Å². The number of carbonyl (C=O) groups is 4. The number of aliphatic hydroxyl groups is 1. The van der Waals surface area contributed by atoms with Gasteiger partial charge >= 0.3 is 0 Å². The van der Waals surface area contributed by atoms with Gasteiger partial charge in [0.15, 0.2) is 0 Å². The summed E-state index contributed by atoms with van der Waals surface area (Å²) in [6.07, 6.45) is 5.43. The number of nitrogens with zero attached hydrogens (tertiary/aromatic N) is 1. The van der Waals surface area contributed by atoms with Crippen molar-refractivity contribution in [3.8, 4) is 0 Å².